The summed E-state index contributed by atoms with van der Waals surface area (Å²) in [5.74, 6) is -0.0638. The Kier molecular flexibility index (Phi) is 4.37. The second-order valence-electron chi connectivity index (χ2n) is 4.82. The van der Waals surface area contributed by atoms with E-state index in [9.17, 15) is 4.79 Å². The zero-order chi connectivity index (χ0) is 13.0. The molecule has 0 heterocycles. The number of amides is 1. The molecule has 0 atom stereocenters. The number of rotatable bonds is 6. The lowest BCUT2D eigenvalue weighted by atomic mass is 10.1. The number of aliphatic hydroxyl groups excluding tert-OH is 1. The molecule has 0 radical (unpaired) electrons. The summed E-state index contributed by atoms with van der Waals surface area (Å²) in [4.78, 5) is 11.6. The summed E-state index contributed by atoms with van der Waals surface area (Å²) in [5, 5.41) is 15.0. The van der Waals surface area contributed by atoms with Crippen molar-refractivity contribution in [2.75, 3.05) is 25.0 Å². The van der Waals surface area contributed by atoms with Gasteiger partial charge >= 0.3 is 0 Å². The van der Waals surface area contributed by atoms with E-state index in [1.54, 1.807) is 0 Å². The van der Waals surface area contributed by atoms with E-state index in [0.717, 1.165) is 23.0 Å². The van der Waals surface area contributed by atoms with Crippen LogP contribution in [0.3, 0.4) is 0 Å². The van der Waals surface area contributed by atoms with Crippen molar-refractivity contribution < 1.29 is 9.90 Å². The van der Waals surface area contributed by atoms with Crippen molar-refractivity contribution in [1.29, 1.82) is 0 Å². The van der Waals surface area contributed by atoms with E-state index in [0.29, 0.717) is 6.54 Å². The number of nitrogens with one attached hydrogen (secondary N) is 2. The van der Waals surface area contributed by atoms with Crippen LogP contribution in [0.2, 0.25) is 0 Å². The van der Waals surface area contributed by atoms with Crippen LogP contribution in [0, 0.1) is 5.41 Å². The van der Waals surface area contributed by atoms with Crippen LogP contribution in [-0.2, 0) is 4.79 Å². The molecular formula is C13H17BrN2O2. The van der Waals surface area contributed by atoms with Crippen molar-refractivity contribution in [1.82, 2.24) is 5.32 Å². The molecule has 0 aromatic heterocycles. The first-order valence-corrected chi connectivity index (χ1v) is 6.80. The first-order chi connectivity index (χ1) is 8.63. The van der Waals surface area contributed by atoms with Gasteiger partial charge in [0, 0.05) is 28.7 Å². The van der Waals surface area contributed by atoms with Crippen LogP contribution < -0.4 is 10.6 Å². The topological polar surface area (TPSA) is 61.4 Å². The van der Waals surface area contributed by atoms with E-state index in [4.69, 9.17) is 5.11 Å². The van der Waals surface area contributed by atoms with Crippen molar-refractivity contribution in [2.24, 2.45) is 5.41 Å². The van der Waals surface area contributed by atoms with Gasteiger partial charge in [-0.25, -0.2) is 0 Å². The molecule has 2 rings (SSSR count). The second kappa shape index (κ2) is 5.82. The van der Waals surface area contributed by atoms with Crippen molar-refractivity contribution in [3.8, 4) is 0 Å². The fraction of sp³-hybridized carbons (Fsp3) is 0.462. The van der Waals surface area contributed by atoms with Gasteiger partial charge in [-0.2, -0.15) is 0 Å². The summed E-state index contributed by atoms with van der Waals surface area (Å²) >= 11 is 3.34. The summed E-state index contributed by atoms with van der Waals surface area (Å²) in [6.45, 7) is 1.18. The fourth-order valence-corrected chi connectivity index (χ4v) is 2.01. The predicted octanol–water partition coefficient (Wildman–Crippen LogP) is 1.75. The monoisotopic (exact) mass is 312 g/mol. The van der Waals surface area contributed by atoms with E-state index in [1.807, 2.05) is 24.3 Å². The third kappa shape index (κ3) is 3.80. The van der Waals surface area contributed by atoms with Gasteiger partial charge in [-0.1, -0.05) is 15.9 Å². The fourth-order valence-electron chi connectivity index (χ4n) is 1.75. The zero-order valence-corrected chi connectivity index (χ0v) is 11.7. The number of hydrogen-bond donors (Lipinski definition) is 3. The number of carbonyl (C=O) groups is 1. The van der Waals surface area contributed by atoms with Crippen molar-refractivity contribution in [3.05, 3.63) is 28.7 Å². The molecule has 5 heteroatoms. The summed E-state index contributed by atoms with van der Waals surface area (Å²) in [7, 11) is 0. The maximum absolute atomic E-state index is 11.6. The largest absolute Gasteiger partial charge is 0.396 e. The van der Waals surface area contributed by atoms with Gasteiger partial charge in [0.2, 0.25) is 5.91 Å². The average Bonchev–Trinajstić information content (AvgIpc) is 3.13. The van der Waals surface area contributed by atoms with Gasteiger partial charge in [-0.05, 0) is 37.1 Å². The van der Waals surface area contributed by atoms with E-state index in [-0.39, 0.29) is 24.5 Å². The van der Waals surface area contributed by atoms with Crippen LogP contribution in [-0.4, -0.2) is 30.7 Å². The molecule has 1 aromatic rings. The van der Waals surface area contributed by atoms with Gasteiger partial charge < -0.3 is 15.7 Å². The summed E-state index contributed by atoms with van der Waals surface area (Å²) in [5.41, 5.74) is 0.825. The summed E-state index contributed by atoms with van der Waals surface area (Å²) < 4.78 is 0.984. The quantitative estimate of drug-likeness (QED) is 0.750. The summed E-state index contributed by atoms with van der Waals surface area (Å²) in [6, 6.07) is 7.46. The normalized spacial score (nSPS) is 16.3. The lowest BCUT2D eigenvalue weighted by Gasteiger charge is -2.12. The Morgan fingerprint density at radius 1 is 1.33 bits per heavy atom. The van der Waals surface area contributed by atoms with Gasteiger partial charge in [0.15, 0.2) is 0 Å². The molecule has 1 saturated carbocycles. The van der Waals surface area contributed by atoms with Gasteiger partial charge in [0.25, 0.3) is 0 Å². The maximum atomic E-state index is 11.6. The zero-order valence-electron chi connectivity index (χ0n) is 10.1. The summed E-state index contributed by atoms with van der Waals surface area (Å²) in [6.07, 6.45) is 2.09. The maximum Gasteiger partial charge on any atom is 0.238 e. The van der Waals surface area contributed by atoms with Crippen LogP contribution in [0.15, 0.2) is 28.7 Å². The van der Waals surface area contributed by atoms with E-state index < -0.39 is 0 Å². The third-order valence-electron chi connectivity index (χ3n) is 3.21. The smallest absolute Gasteiger partial charge is 0.238 e. The average molecular weight is 313 g/mol. The Balaban J connectivity index is 1.70. The molecule has 1 aliphatic rings. The van der Waals surface area contributed by atoms with Crippen LogP contribution in [0.4, 0.5) is 5.69 Å². The van der Waals surface area contributed by atoms with Crippen molar-refractivity contribution in [2.45, 2.75) is 12.8 Å². The number of halogens is 1. The third-order valence-corrected chi connectivity index (χ3v) is 3.73. The Morgan fingerprint density at radius 2 is 2.00 bits per heavy atom. The predicted molar refractivity (Wildman–Crippen MR) is 74.4 cm³/mol. The van der Waals surface area contributed by atoms with Crippen molar-refractivity contribution in [3.63, 3.8) is 0 Å². The van der Waals surface area contributed by atoms with Gasteiger partial charge in [-0.15, -0.1) is 0 Å². The van der Waals surface area contributed by atoms with Crippen LogP contribution in [0.25, 0.3) is 0 Å². The first kappa shape index (κ1) is 13.5. The Bertz CT molecular complexity index is 416. The highest BCUT2D eigenvalue weighted by molar-refractivity contribution is 9.10. The molecule has 0 spiro atoms. The van der Waals surface area contributed by atoms with Crippen molar-refractivity contribution >= 4 is 27.5 Å². The molecule has 0 bridgehead atoms. The molecule has 1 aliphatic carbocycles. The lowest BCUT2D eigenvalue weighted by molar-refractivity contribution is -0.115. The molecule has 98 valence electrons. The van der Waals surface area contributed by atoms with E-state index >= 15 is 0 Å². The van der Waals surface area contributed by atoms with Crippen LogP contribution in [0.5, 0.6) is 0 Å². The minimum Gasteiger partial charge on any atom is -0.396 e. The number of anilines is 1. The van der Waals surface area contributed by atoms with E-state index in [1.165, 1.54) is 0 Å². The van der Waals surface area contributed by atoms with Crippen LogP contribution in [0.1, 0.15) is 12.8 Å². The highest BCUT2D eigenvalue weighted by atomic mass is 79.9. The molecule has 18 heavy (non-hydrogen) atoms. The Hall–Kier alpha value is -0.910. The first-order valence-electron chi connectivity index (χ1n) is 6.01. The lowest BCUT2D eigenvalue weighted by Crippen LogP contribution is -2.33. The molecule has 0 saturated heterocycles. The Labute approximate surface area is 115 Å². The molecule has 1 fully saturated rings. The van der Waals surface area contributed by atoms with E-state index in [2.05, 4.69) is 26.6 Å². The molecule has 1 amide bonds. The number of hydrogen-bond acceptors (Lipinski definition) is 3. The standard InChI is InChI=1S/C13H17BrN2O2/c14-10-1-3-11(4-2-10)16-12(18)7-15-8-13(9-17)5-6-13/h1-4,15,17H,5-9H2,(H,16,18). The number of benzene rings is 1. The van der Waals surface area contributed by atoms with Gasteiger partial charge in [0.05, 0.1) is 6.54 Å². The molecule has 0 unspecified atom stereocenters. The SMILES string of the molecule is O=C(CNCC1(CO)CC1)Nc1ccc(Br)cc1. The van der Waals surface area contributed by atoms with Gasteiger partial charge in [0.1, 0.15) is 0 Å². The Morgan fingerprint density at radius 3 is 2.56 bits per heavy atom. The highest BCUT2D eigenvalue weighted by Gasteiger charge is 2.41. The number of aliphatic hydroxyl groups is 1. The number of carbonyl (C=O) groups excluding carboxylic acids is 1. The molecule has 0 aliphatic heterocycles. The van der Waals surface area contributed by atoms with Crippen LogP contribution >= 0.6 is 15.9 Å². The molecule has 3 N–H and O–H groups in total. The minimum absolute atomic E-state index is 0.0396. The van der Waals surface area contributed by atoms with Gasteiger partial charge in [-0.3, -0.25) is 4.79 Å². The highest BCUT2D eigenvalue weighted by Crippen LogP contribution is 2.44. The molecule has 4 nitrogen and oxygen atoms in total. The molecule has 1 aromatic carbocycles. The molecular weight excluding hydrogens is 296 g/mol. The minimum atomic E-state index is -0.0638. The second-order valence-corrected chi connectivity index (χ2v) is 5.73.